The number of carbonyl (C=O) groups excluding carboxylic acids is 1. The van der Waals surface area contributed by atoms with Crippen LogP contribution in [0.4, 0.5) is 0 Å². The molecule has 4 nitrogen and oxygen atoms in total. The van der Waals surface area contributed by atoms with Crippen molar-refractivity contribution in [2.24, 2.45) is 0 Å². The molecular weight excluding hydrogens is 264 g/mol. The molecule has 2 aromatic rings. The van der Waals surface area contributed by atoms with Gasteiger partial charge in [-0.2, -0.15) is 0 Å². The quantitative estimate of drug-likeness (QED) is 0.578. The molecule has 19 heavy (non-hydrogen) atoms. The van der Waals surface area contributed by atoms with Crippen molar-refractivity contribution in [3.63, 3.8) is 0 Å². The van der Waals surface area contributed by atoms with Crippen LogP contribution >= 0.6 is 12.4 Å². The summed E-state index contributed by atoms with van der Waals surface area (Å²) >= 11 is 0. The van der Waals surface area contributed by atoms with Gasteiger partial charge < -0.3 is 9.30 Å². The van der Waals surface area contributed by atoms with E-state index in [4.69, 9.17) is 4.74 Å². The van der Waals surface area contributed by atoms with E-state index in [0.717, 1.165) is 25.7 Å². The van der Waals surface area contributed by atoms with Crippen molar-refractivity contribution in [1.82, 2.24) is 9.55 Å². The van der Waals surface area contributed by atoms with E-state index in [0.29, 0.717) is 17.9 Å². The average Bonchev–Trinajstić information content (AvgIpc) is 2.92. The normalized spacial score (nSPS) is 9.68. The summed E-state index contributed by atoms with van der Waals surface area (Å²) < 4.78 is 7.63. The van der Waals surface area contributed by atoms with Gasteiger partial charge in [-0.25, -0.2) is 4.98 Å². The summed E-state index contributed by atoms with van der Waals surface area (Å²) in [6.07, 6.45) is 8.33. The molecule has 0 spiro atoms. The molecule has 0 bridgehead atoms. The molecular formula is C14H17ClN2O2. The maximum absolute atomic E-state index is 10.8. The van der Waals surface area contributed by atoms with E-state index in [1.54, 1.807) is 12.3 Å². The zero-order valence-corrected chi connectivity index (χ0v) is 11.4. The lowest BCUT2D eigenvalue weighted by molar-refractivity contribution is 0.111. The highest BCUT2D eigenvalue weighted by Gasteiger charge is 2.00. The van der Waals surface area contributed by atoms with Gasteiger partial charge in [-0.15, -0.1) is 12.4 Å². The maximum Gasteiger partial charge on any atom is 0.153 e. The summed E-state index contributed by atoms with van der Waals surface area (Å²) in [4.78, 5) is 14.8. The summed E-state index contributed by atoms with van der Waals surface area (Å²) in [7, 11) is 0. The van der Waals surface area contributed by atoms with Crippen molar-refractivity contribution in [1.29, 1.82) is 0 Å². The van der Waals surface area contributed by atoms with E-state index in [-0.39, 0.29) is 12.4 Å². The number of ether oxygens (including phenoxy) is 1. The first-order valence-electron chi connectivity index (χ1n) is 6.03. The fourth-order valence-electron chi connectivity index (χ4n) is 1.71. The Labute approximate surface area is 118 Å². The van der Waals surface area contributed by atoms with Crippen LogP contribution in [0.1, 0.15) is 23.2 Å². The molecule has 0 fully saturated rings. The number of imidazole rings is 1. The van der Waals surface area contributed by atoms with Crippen LogP contribution in [0.3, 0.4) is 0 Å². The third-order valence-electron chi connectivity index (χ3n) is 2.67. The molecule has 1 heterocycles. The highest BCUT2D eigenvalue weighted by molar-refractivity contribution is 5.85. The molecule has 0 aliphatic rings. The number of aromatic nitrogens is 2. The third-order valence-corrected chi connectivity index (χ3v) is 2.67. The van der Waals surface area contributed by atoms with Crippen molar-refractivity contribution in [2.45, 2.75) is 19.4 Å². The molecule has 0 saturated carbocycles. The highest BCUT2D eigenvalue weighted by atomic mass is 35.5. The van der Waals surface area contributed by atoms with E-state index >= 15 is 0 Å². The van der Waals surface area contributed by atoms with Gasteiger partial charge in [0.25, 0.3) is 0 Å². The second kappa shape index (κ2) is 8.32. The van der Waals surface area contributed by atoms with Crippen LogP contribution in [0.25, 0.3) is 0 Å². The standard InChI is InChI=1S/C14H16N2O2.ClH/c17-11-13-5-1-2-6-14(13)18-10-4-3-8-16-9-7-15-12-16;/h1-2,5-7,9,11-12H,3-4,8,10H2;1H. The van der Waals surface area contributed by atoms with Crippen LogP contribution in [0.2, 0.25) is 0 Å². The molecule has 0 aliphatic heterocycles. The minimum Gasteiger partial charge on any atom is -0.493 e. The Morgan fingerprint density at radius 2 is 2.11 bits per heavy atom. The molecule has 2 rings (SSSR count). The third kappa shape index (κ3) is 4.75. The van der Waals surface area contributed by atoms with Crippen molar-refractivity contribution >= 4 is 18.7 Å². The van der Waals surface area contributed by atoms with E-state index < -0.39 is 0 Å². The fraction of sp³-hybridized carbons (Fsp3) is 0.286. The monoisotopic (exact) mass is 280 g/mol. The summed E-state index contributed by atoms with van der Waals surface area (Å²) in [6.45, 7) is 1.57. The van der Waals surface area contributed by atoms with Gasteiger partial charge in [-0.3, -0.25) is 4.79 Å². The lowest BCUT2D eigenvalue weighted by Crippen LogP contribution is -2.02. The summed E-state index contributed by atoms with van der Waals surface area (Å²) in [6, 6.07) is 7.27. The minimum atomic E-state index is 0. The largest absolute Gasteiger partial charge is 0.493 e. The fourth-order valence-corrected chi connectivity index (χ4v) is 1.71. The number of rotatable bonds is 7. The first kappa shape index (κ1) is 15.2. The van der Waals surface area contributed by atoms with Gasteiger partial charge in [0, 0.05) is 18.9 Å². The number of halogens is 1. The number of nitrogens with zero attached hydrogens (tertiary/aromatic N) is 2. The first-order chi connectivity index (χ1) is 8.90. The smallest absolute Gasteiger partial charge is 0.153 e. The second-order valence-corrected chi connectivity index (χ2v) is 4.01. The van der Waals surface area contributed by atoms with Crippen LogP contribution in [0, 0.1) is 0 Å². The van der Waals surface area contributed by atoms with Crippen LogP contribution in [0.15, 0.2) is 43.0 Å². The number of benzene rings is 1. The van der Waals surface area contributed by atoms with Crippen molar-refractivity contribution in [3.8, 4) is 5.75 Å². The predicted octanol–water partition coefficient (Wildman–Crippen LogP) is 2.98. The van der Waals surface area contributed by atoms with E-state index in [1.165, 1.54) is 0 Å². The molecule has 0 atom stereocenters. The highest BCUT2D eigenvalue weighted by Crippen LogP contribution is 2.15. The number of unbranched alkanes of at least 4 members (excludes halogenated alkanes) is 1. The molecule has 0 saturated heterocycles. The average molecular weight is 281 g/mol. The van der Waals surface area contributed by atoms with Crippen LogP contribution in [0.5, 0.6) is 5.75 Å². The zero-order valence-electron chi connectivity index (χ0n) is 10.6. The number of hydrogen-bond acceptors (Lipinski definition) is 3. The zero-order chi connectivity index (χ0) is 12.6. The first-order valence-corrected chi connectivity index (χ1v) is 6.03. The van der Waals surface area contributed by atoms with Crippen molar-refractivity contribution in [3.05, 3.63) is 48.5 Å². The molecule has 0 amide bonds. The van der Waals surface area contributed by atoms with E-state index in [9.17, 15) is 4.79 Å². The number of carbonyl (C=O) groups is 1. The predicted molar refractivity (Wildman–Crippen MR) is 76.0 cm³/mol. The minimum absolute atomic E-state index is 0. The van der Waals surface area contributed by atoms with Gasteiger partial charge in [0.15, 0.2) is 6.29 Å². The Balaban J connectivity index is 0.00000180. The number of aldehydes is 1. The Morgan fingerprint density at radius 1 is 1.26 bits per heavy atom. The molecule has 0 N–H and O–H groups in total. The summed E-state index contributed by atoms with van der Waals surface area (Å²) in [5, 5.41) is 0. The number of aryl methyl sites for hydroxylation is 1. The van der Waals surface area contributed by atoms with Crippen LogP contribution in [-0.2, 0) is 6.54 Å². The van der Waals surface area contributed by atoms with Gasteiger partial charge in [0.2, 0.25) is 0 Å². The van der Waals surface area contributed by atoms with Crippen LogP contribution < -0.4 is 4.74 Å². The van der Waals surface area contributed by atoms with Gasteiger partial charge in [0.05, 0.1) is 18.5 Å². The Bertz CT molecular complexity index is 486. The lowest BCUT2D eigenvalue weighted by Gasteiger charge is -2.08. The number of para-hydroxylation sites is 1. The van der Waals surface area contributed by atoms with Gasteiger partial charge >= 0.3 is 0 Å². The van der Waals surface area contributed by atoms with Crippen molar-refractivity contribution in [2.75, 3.05) is 6.61 Å². The van der Waals surface area contributed by atoms with Gasteiger partial charge in [0.1, 0.15) is 5.75 Å². The molecule has 1 aromatic carbocycles. The Kier molecular flexibility index (Phi) is 6.68. The SMILES string of the molecule is Cl.O=Cc1ccccc1OCCCCn1ccnc1. The van der Waals surface area contributed by atoms with Gasteiger partial charge in [-0.05, 0) is 25.0 Å². The molecule has 102 valence electrons. The Hall–Kier alpha value is -1.81. The molecule has 1 aromatic heterocycles. The Morgan fingerprint density at radius 3 is 2.84 bits per heavy atom. The molecule has 5 heteroatoms. The van der Waals surface area contributed by atoms with Crippen LogP contribution in [-0.4, -0.2) is 22.4 Å². The topological polar surface area (TPSA) is 44.1 Å². The molecule has 0 aliphatic carbocycles. The molecule has 0 radical (unpaired) electrons. The second-order valence-electron chi connectivity index (χ2n) is 4.01. The van der Waals surface area contributed by atoms with E-state index in [1.807, 2.05) is 35.3 Å². The maximum atomic E-state index is 10.8. The number of hydrogen-bond donors (Lipinski definition) is 0. The van der Waals surface area contributed by atoms with Gasteiger partial charge in [-0.1, -0.05) is 12.1 Å². The lowest BCUT2D eigenvalue weighted by atomic mass is 10.2. The molecule has 0 unspecified atom stereocenters. The summed E-state index contributed by atoms with van der Waals surface area (Å²) in [5.74, 6) is 0.662. The summed E-state index contributed by atoms with van der Waals surface area (Å²) in [5.41, 5.74) is 0.604. The van der Waals surface area contributed by atoms with E-state index in [2.05, 4.69) is 4.98 Å². The van der Waals surface area contributed by atoms with Crippen molar-refractivity contribution < 1.29 is 9.53 Å².